The van der Waals surface area contributed by atoms with Gasteiger partial charge in [0.1, 0.15) is 6.10 Å². The first-order valence-corrected chi connectivity index (χ1v) is 14.0. The number of nitrogens with zero attached hydrogens (tertiary/aromatic N) is 3. The van der Waals surface area contributed by atoms with Crippen molar-refractivity contribution in [3.05, 3.63) is 22.8 Å². The fourth-order valence-corrected chi connectivity index (χ4v) is 8.32. The Morgan fingerprint density at radius 2 is 2.00 bits per heavy atom. The summed E-state index contributed by atoms with van der Waals surface area (Å²) < 4.78 is 34.5. The second-order valence-electron chi connectivity index (χ2n) is 12.6. The minimum Gasteiger partial charge on any atom is -0.504 e. The summed E-state index contributed by atoms with van der Waals surface area (Å²) in [5.74, 6) is -1.67. The highest BCUT2D eigenvalue weighted by Crippen LogP contribution is 2.64. The summed E-state index contributed by atoms with van der Waals surface area (Å²) in [6.07, 6.45) is 4.06. The Bertz CT molecular complexity index is 1140. The molecule has 4 atom stereocenters. The zero-order chi connectivity index (χ0) is 25.7. The van der Waals surface area contributed by atoms with Gasteiger partial charge in [0, 0.05) is 31.1 Å². The lowest BCUT2D eigenvalue weighted by Crippen LogP contribution is -2.74. The number of hydrogen-bond donors (Lipinski definition) is 2. The number of amides is 1. The number of hydrogen-bond acceptors (Lipinski definition) is 6. The van der Waals surface area contributed by atoms with E-state index in [1.165, 1.54) is 12.8 Å². The van der Waals surface area contributed by atoms with Gasteiger partial charge in [0.25, 0.3) is 5.92 Å². The highest BCUT2D eigenvalue weighted by atomic mass is 19.3. The number of aromatic hydroxyl groups is 1. The van der Waals surface area contributed by atoms with Gasteiger partial charge < -0.3 is 19.8 Å². The van der Waals surface area contributed by atoms with Crippen LogP contribution in [0.5, 0.6) is 11.5 Å². The second kappa shape index (κ2) is 8.02. The molecule has 9 heteroatoms. The van der Waals surface area contributed by atoms with Crippen LogP contribution in [0.3, 0.4) is 0 Å². The summed E-state index contributed by atoms with van der Waals surface area (Å²) in [5.41, 5.74) is 1.04. The molecule has 0 aromatic heterocycles. The monoisotopic (exact) mass is 517 g/mol. The van der Waals surface area contributed by atoms with E-state index in [0.717, 1.165) is 29.8 Å². The van der Waals surface area contributed by atoms with E-state index >= 15 is 0 Å². The number of halogens is 2. The van der Waals surface area contributed by atoms with Crippen molar-refractivity contribution in [3.8, 4) is 11.5 Å². The van der Waals surface area contributed by atoms with Gasteiger partial charge in [-0.05, 0) is 75.6 Å². The van der Waals surface area contributed by atoms with Crippen LogP contribution in [0.4, 0.5) is 8.78 Å². The standard InChI is InChI=1S/C28H37F2N3O4/c1-17-11-19-12-20-28(36)7-10-33(22(34)15-31-8-2-5-26(29,30)16-31)14-21-27(28,23(19)25(37-21)24(17)35)6-9-32(20)13-18-3-4-18/h11,18,20-21,35-36H,2-10,12-16H2,1H3/t20-,21+,27-,28-/m1/s1. The molecule has 2 aliphatic carbocycles. The van der Waals surface area contributed by atoms with Crippen molar-refractivity contribution in [1.82, 2.24) is 14.7 Å². The number of benzene rings is 1. The maximum atomic E-state index is 14.0. The number of aryl methyl sites for hydroxylation is 1. The number of phenols is 1. The fraction of sp³-hybridized carbons (Fsp3) is 0.750. The Balaban J connectivity index is 1.24. The summed E-state index contributed by atoms with van der Waals surface area (Å²) in [6.45, 7) is 4.43. The second-order valence-corrected chi connectivity index (χ2v) is 12.6. The van der Waals surface area contributed by atoms with Gasteiger partial charge in [0.2, 0.25) is 5.91 Å². The van der Waals surface area contributed by atoms with Gasteiger partial charge in [-0.3, -0.25) is 14.6 Å². The topological polar surface area (TPSA) is 76.5 Å². The van der Waals surface area contributed by atoms with Crippen LogP contribution >= 0.6 is 0 Å². The molecule has 3 saturated heterocycles. The van der Waals surface area contributed by atoms with E-state index in [9.17, 15) is 23.8 Å². The van der Waals surface area contributed by atoms with Gasteiger partial charge in [0.15, 0.2) is 11.5 Å². The van der Waals surface area contributed by atoms with E-state index in [4.69, 9.17) is 4.74 Å². The summed E-state index contributed by atoms with van der Waals surface area (Å²) in [5, 5.41) is 23.7. The van der Waals surface area contributed by atoms with Crippen LogP contribution in [0.15, 0.2) is 6.07 Å². The van der Waals surface area contributed by atoms with Crippen molar-refractivity contribution < 1.29 is 28.5 Å². The molecule has 7 rings (SSSR count). The number of likely N-dealkylation sites (tertiary alicyclic amines) is 3. The third-order valence-electron chi connectivity index (χ3n) is 10.3. The summed E-state index contributed by atoms with van der Waals surface area (Å²) in [6, 6.07) is 1.98. The first-order chi connectivity index (χ1) is 17.6. The molecule has 4 fully saturated rings. The van der Waals surface area contributed by atoms with Crippen molar-refractivity contribution in [2.24, 2.45) is 5.92 Å². The molecule has 0 radical (unpaired) electrons. The maximum Gasteiger partial charge on any atom is 0.260 e. The molecule has 4 heterocycles. The lowest BCUT2D eigenvalue weighted by atomic mass is 9.52. The van der Waals surface area contributed by atoms with Gasteiger partial charge in [-0.25, -0.2) is 8.78 Å². The highest BCUT2D eigenvalue weighted by Gasteiger charge is 2.71. The van der Waals surface area contributed by atoms with Crippen molar-refractivity contribution in [2.75, 3.05) is 45.8 Å². The Morgan fingerprint density at radius 1 is 1.19 bits per heavy atom. The first kappa shape index (κ1) is 24.1. The summed E-state index contributed by atoms with van der Waals surface area (Å²) in [7, 11) is 0. The third-order valence-corrected chi connectivity index (χ3v) is 10.3. The normalized spacial score (nSPS) is 36.6. The predicted octanol–water partition coefficient (Wildman–Crippen LogP) is 2.43. The molecule has 0 unspecified atom stereocenters. The fourth-order valence-electron chi connectivity index (χ4n) is 8.32. The van der Waals surface area contributed by atoms with Gasteiger partial charge in [0.05, 0.1) is 30.7 Å². The largest absolute Gasteiger partial charge is 0.504 e. The molecule has 1 saturated carbocycles. The summed E-state index contributed by atoms with van der Waals surface area (Å²) in [4.78, 5) is 19.2. The number of piperidine rings is 2. The molecule has 202 valence electrons. The van der Waals surface area contributed by atoms with Gasteiger partial charge in [-0.1, -0.05) is 6.07 Å². The summed E-state index contributed by atoms with van der Waals surface area (Å²) >= 11 is 0. The smallest absolute Gasteiger partial charge is 0.260 e. The van der Waals surface area contributed by atoms with Crippen LogP contribution in [-0.2, 0) is 16.6 Å². The first-order valence-electron chi connectivity index (χ1n) is 14.0. The van der Waals surface area contributed by atoms with Crippen molar-refractivity contribution in [2.45, 2.75) is 81.0 Å². The molecule has 4 aliphatic heterocycles. The van der Waals surface area contributed by atoms with Gasteiger partial charge >= 0.3 is 0 Å². The van der Waals surface area contributed by atoms with Crippen molar-refractivity contribution in [3.63, 3.8) is 0 Å². The van der Waals surface area contributed by atoms with Gasteiger partial charge in [-0.2, -0.15) is 0 Å². The van der Waals surface area contributed by atoms with E-state index in [-0.39, 0.29) is 43.8 Å². The Morgan fingerprint density at radius 3 is 2.76 bits per heavy atom. The zero-order valence-electron chi connectivity index (χ0n) is 21.5. The predicted molar refractivity (Wildman–Crippen MR) is 132 cm³/mol. The minimum atomic E-state index is -2.76. The van der Waals surface area contributed by atoms with Crippen LogP contribution in [-0.4, -0.2) is 100 Å². The molecule has 2 N–H and O–H groups in total. The maximum absolute atomic E-state index is 14.0. The Hall–Kier alpha value is -1.97. The van der Waals surface area contributed by atoms with Crippen LogP contribution in [0, 0.1) is 12.8 Å². The number of aliphatic hydroxyl groups is 1. The lowest BCUT2D eigenvalue weighted by Gasteiger charge is -2.60. The van der Waals surface area contributed by atoms with Crippen LogP contribution in [0.1, 0.15) is 55.2 Å². The Kier molecular flexibility index (Phi) is 5.22. The Labute approximate surface area is 216 Å². The quantitative estimate of drug-likeness (QED) is 0.639. The van der Waals surface area contributed by atoms with E-state index in [0.29, 0.717) is 50.4 Å². The lowest BCUT2D eigenvalue weighted by molar-refractivity contribution is -0.162. The molecule has 1 aromatic carbocycles. The molecule has 1 amide bonds. The molecular formula is C28H37F2N3O4. The minimum absolute atomic E-state index is 0.0481. The SMILES string of the molecule is Cc1cc2c3c(c1O)O[C@H]1CN(C(=O)CN4CCCC(F)(F)C4)CC[C@@]4(O)[C@@H](C2)N(CC2CC2)CC[C@]314. The molecule has 1 aromatic rings. The average molecular weight is 518 g/mol. The number of phenolic OH excluding ortho intramolecular Hbond substituents is 1. The molecular weight excluding hydrogens is 480 g/mol. The molecule has 1 spiro atoms. The van der Waals surface area contributed by atoms with E-state index < -0.39 is 23.0 Å². The van der Waals surface area contributed by atoms with E-state index in [1.54, 1.807) is 9.80 Å². The third kappa shape index (κ3) is 3.49. The number of rotatable bonds is 4. The van der Waals surface area contributed by atoms with Crippen LogP contribution < -0.4 is 4.74 Å². The number of carbonyl (C=O) groups is 1. The molecule has 6 aliphatic rings. The number of alkyl halides is 2. The molecule has 37 heavy (non-hydrogen) atoms. The van der Waals surface area contributed by atoms with Crippen LogP contribution in [0.25, 0.3) is 0 Å². The molecule has 7 nitrogen and oxygen atoms in total. The van der Waals surface area contributed by atoms with Crippen LogP contribution in [0.2, 0.25) is 0 Å². The number of carbonyl (C=O) groups excluding carboxylic acids is 1. The molecule has 2 bridgehead atoms. The van der Waals surface area contributed by atoms with Crippen molar-refractivity contribution in [1.29, 1.82) is 0 Å². The van der Waals surface area contributed by atoms with Gasteiger partial charge in [-0.15, -0.1) is 0 Å². The van der Waals surface area contributed by atoms with E-state index in [2.05, 4.69) is 11.0 Å². The average Bonchev–Trinajstić information content (AvgIpc) is 3.60. The highest BCUT2D eigenvalue weighted by molar-refractivity contribution is 5.78. The zero-order valence-corrected chi connectivity index (χ0v) is 21.5. The van der Waals surface area contributed by atoms with E-state index in [1.807, 2.05) is 6.92 Å². The number of ether oxygens (including phenoxy) is 1. The van der Waals surface area contributed by atoms with Crippen molar-refractivity contribution >= 4 is 5.91 Å².